The molecule has 5 nitrogen and oxygen atoms in total. The number of benzene rings is 1. The number of aliphatic hydroxyl groups excluding tert-OH is 1. The van der Waals surface area contributed by atoms with E-state index in [0.717, 1.165) is 40.1 Å². The predicted octanol–water partition coefficient (Wildman–Crippen LogP) is 4.03. The van der Waals surface area contributed by atoms with Gasteiger partial charge in [0.25, 0.3) is 0 Å². The fourth-order valence-electron chi connectivity index (χ4n) is 3.16. The molecule has 1 aliphatic rings. The number of amides is 1. The molecular formula is C19H29NO4. The SMILES string of the molecule is Cc1c(C)c2c(c(C)c1NC(=O)OC(C)(C)C)CC(C)(CCO)O2. The average Bonchev–Trinajstić information content (AvgIpc) is 2.78. The highest BCUT2D eigenvalue weighted by atomic mass is 16.6. The number of anilines is 1. The molecule has 0 aliphatic carbocycles. The summed E-state index contributed by atoms with van der Waals surface area (Å²) >= 11 is 0. The quantitative estimate of drug-likeness (QED) is 0.875. The van der Waals surface area contributed by atoms with E-state index in [1.807, 2.05) is 48.5 Å². The summed E-state index contributed by atoms with van der Waals surface area (Å²) in [6.45, 7) is 13.6. The largest absolute Gasteiger partial charge is 0.487 e. The highest BCUT2D eigenvalue weighted by molar-refractivity contribution is 5.88. The first kappa shape index (κ1) is 18.6. The molecule has 134 valence electrons. The molecule has 2 rings (SSSR count). The molecule has 5 heteroatoms. The summed E-state index contributed by atoms with van der Waals surface area (Å²) in [7, 11) is 0. The Morgan fingerprint density at radius 1 is 1.25 bits per heavy atom. The first-order chi connectivity index (χ1) is 11.0. The molecule has 0 fully saturated rings. The molecule has 1 atom stereocenters. The maximum atomic E-state index is 12.2. The standard InChI is InChI=1S/C19H29NO4/c1-11-12(2)16-14(10-19(7,23-16)8-9-21)13(3)15(11)20-17(22)24-18(4,5)6/h21H,8-10H2,1-7H3,(H,20,22). The Bertz CT molecular complexity index is 661. The van der Waals surface area contributed by atoms with Crippen molar-refractivity contribution in [3.05, 3.63) is 22.3 Å². The van der Waals surface area contributed by atoms with Crippen LogP contribution in [0.4, 0.5) is 10.5 Å². The number of rotatable bonds is 3. The highest BCUT2D eigenvalue weighted by Gasteiger charge is 2.37. The minimum Gasteiger partial charge on any atom is -0.487 e. The third kappa shape index (κ3) is 3.66. The Balaban J connectivity index is 2.37. The van der Waals surface area contributed by atoms with Gasteiger partial charge in [0.1, 0.15) is 17.0 Å². The van der Waals surface area contributed by atoms with Crippen molar-refractivity contribution in [2.45, 2.75) is 72.5 Å². The van der Waals surface area contributed by atoms with Gasteiger partial charge in [-0.25, -0.2) is 4.79 Å². The van der Waals surface area contributed by atoms with Gasteiger partial charge >= 0.3 is 6.09 Å². The van der Waals surface area contributed by atoms with Crippen LogP contribution in [0.25, 0.3) is 0 Å². The van der Waals surface area contributed by atoms with Crippen LogP contribution in [0.15, 0.2) is 0 Å². The first-order valence-electron chi connectivity index (χ1n) is 8.40. The Labute approximate surface area is 144 Å². The molecule has 0 bridgehead atoms. The van der Waals surface area contributed by atoms with Crippen LogP contribution in [0.2, 0.25) is 0 Å². The van der Waals surface area contributed by atoms with E-state index >= 15 is 0 Å². The fourth-order valence-corrected chi connectivity index (χ4v) is 3.16. The van der Waals surface area contributed by atoms with Gasteiger partial charge in [-0.3, -0.25) is 5.32 Å². The highest BCUT2D eigenvalue weighted by Crippen LogP contribution is 2.45. The summed E-state index contributed by atoms with van der Waals surface area (Å²) in [5.41, 5.74) is 3.94. The summed E-state index contributed by atoms with van der Waals surface area (Å²) in [5.74, 6) is 0.885. The van der Waals surface area contributed by atoms with Gasteiger partial charge in [-0.05, 0) is 65.2 Å². The van der Waals surface area contributed by atoms with Crippen molar-refractivity contribution in [1.29, 1.82) is 0 Å². The lowest BCUT2D eigenvalue weighted by Crippen LogP contribution is -2.31. The van der Waals surface area contributed by atoms with Crippen LogP contribution in [-0.4, -0.2) is 29.0 Å². The summed E-state index contributed by atoms with van der Waals surface area (Å²) in [6, 6.07) is 0. The van der Waals surface area contributed by atoms with Gasteiger partial charge in [-0.15, -0.1) is 0 Å². The number of aliphatic hydroxyl groups is 1. The van der Waals surface area contributed by atoms with Gasteiger partial charge in [-0.1, -0.05) is 0 Å². The molecule has 0 spiro atoms. The molecule has 1 aromatic carbocycles. The number of ether oxygens (including phenoxy) is 2. The van der Waals surface area contributed by atoms with E-state index in [9.17, 15) is 9.90 Å². The van der Waals surface area contributed by atoms with Gasteiger partial charge in [0.15, 0.2) is 0 Å². The zero-order valence-corrected chi connectivity index (χ0v) is 15.8. The van der Waals surface area contributed by atoms with Crippen molar-refractivity contribution in [3.63, 3.8) is 0 Å². The normalized spacial score (nSPS) is 19.7. The summed E-state index contributed by atoms with van der Waals surface area (Å²) < 4.78 is 11.5. The molecule has 0 radical (unpaired) electrons. The molecule has 1 aromatic rings. The zero-order chi connectivity index (χ0) is 18.3. The molecule has 2 N–H and O–H groups in total. The molecule has 1 amide bonds. The topological polar surface area (TPSA) is 67.8 Å². The minimum absolute atomic E-state index is 0.0879. The van der Waals surface area contributed by atoms with E-state index in [1.165, 1.54) is 0 Å². The van der Waals surface area contributed by atoms with Gasteiger partial charge in [0.05, 0.1) is 5.69 Å². The van der Waals surface area contributed by atoms with Crippen molar-refractivity contribution < 1.29 is 19.4 Å². The van der Waals surface area contributed by atoms with Gasteiger partial charge < -0.3 is 14.6 Å². The first-order valence-corrected chi connectivity index (χ1v) is 8.40. The van der Waals surface area contributed by atoms with Crippen LogP contribution < -0.4 is 10.1 Å². The average molecular weight is 335 g/mol. The van der Waals surface area contributed by atoms with Crippen LogP contribution >= 0.6 is 0 Å². The Hall–Kier alpha value is -1.75. The molecule has 24 heavy (non-hydrogen) atoms. The van der Waals surface area contributed by atoms with Crippen LogP contribution in [0.1, 0.15) is 56.4 Å². The van der Waals surface area contributed by atoms with Crippen molar-refractivity contribution in [1.82, 2.24) is 0 Å². The van der Waals surface area contributed by atoms with Gasteiger partial charge in [0, 0.05) is 25.0 Å². The molecule has 1 unspecified atom stereocenters. The van der Waals surface area contributed by atoms with Crippen molar-refractivity contribution in [2.24, 2.45) is 0 Å². The van der Waals surface area contributed by atoms with Crippen LogP contribution in [0, 0.1) is 20.8 Å². The van der Waals surface area contributed by atoms with Crippen LogP contribution in [-0.2, 0) is 11.2 Å². The van der Waals surface area contributed by atoms with Crippen LogP contribution in [0.5, 0.6) is 5.75 Å². The molecule has 0 aromatic heterocycles. The molecular weight excluding hydrogens is 306 g/mol. The molecule has 0 saturated heterocycles. The predicted molar refractivity (Wildman–Crippen MR) is 94.9 cm³/mol. The second-order valence-electron chi connectivity index (χ2n) is 7.89. The molecule has 0 saturated carbocycles. The summed E-state index contributed by atoms with van der Waals surface area (Å²) in [4.78, 5) is 12.2. The van der Waals surface area contributed by atoms with Crippen molar-refractivity contribution in [3.8, 4) is 5.75 Å². The second kappa shape index (κ2) is 6.28. The Morgan fingerprint density at radius 3 is 2.42 bits per heavy atom. The van der Waals surface area contributed by atoms with E-state index in [0.29, 0.717) is 6.42 Å². The Kier molecular flexibility index (Phi) is 4.86. The Morgan fingerprint density at radius 2 is 1.88 bits per heavy atom. The van der Waals surface area contributed by atoms with E-state index in [2.05, 4.69) is 5.32 Å². The number of nitrogens with one attached hydrogen (secondary N) is 1. The van der Waals surface area contributed by atoms with Crippen molar-refractivity contribution >= 4 is 11.8 Å². The maximum absolute atomic E-state index is 12.2. The second-order valence-corrected chi connectivity index (χ2v) is 7.89. The third-order valence-corrected chi connectivity index (χ3v) is 4.55. The smallest absolute Gasteiger partial charge is 0.412 e. The van der Waals surface area contributed by atoms with Crippen LogP contribution in [0.3, 0.4) is 0 Å². The lowest BCUT2D eigenvalue weighted by molar-refractivity contribution is 0.0635. The van der Waals surface area contributed by atoms with Crippen molar-refractivity contribution in [2.75, 3.05) is 11.9 Å². The number of hydrogen-bond acceptors (Lipinski definition) is 4. The summed E-state index contributed by atoms with van der Waals surface area (Å²) in [5, 5.41) is 12.2. The van der Waals surface area contributed by atoms with E-state index in [-0.39, 0.29) is 6.61 Å². The zero-order valence-electron chi connectivity index (χ0n) is 15.8. The fraction of sp³-hybridized carbons (Fsp3) is 0.632. The number of carbonyl (C=O) groups excluding carboxylic acids is 1. The maximum Gasteiger partial charge on any atom is 0.412 e. The van der Waals surface area contributed by atoms with E-state index < -0.39 is 17.3 Å². The molecule has 1 heterocycles. The van der Waals surface area contributed by atoms with Gasteiger partial charge in [0.2, 0.25) is 0 Å². The van der Waals surface area contributed by atoms with E-state index in [4.69, 9.17) is 9.47 Å². The number of carbonyl (C=O) groups is 1. The lowest BCUT2D eigenvalue weighted by Gasteiger charge is -2.23. The van der Waals surface area contributed by atoms with E-state index in [1.54, 1.807) is 0 Å². The minimum atomic E-state index is -0.541. The third-order valence-electron chi connectivity index (χ3n) is 4.55. The number of fused-ring (bicyclic) bond motifs is 1. The lowest BCUT2D eigenvalue weighted by atomic mass is 9.90. The van der Waals surface area contributed by atoms with Gasteiger partial charge in [-0.2, -0.15) is 0 Å². The molecule has 1 aliphatic heterocycles. The summed E-state index contributed by atoms with van der Waals surface area (Å²) in [6.07, 6.45) is 0.845. The number of hydrogen-bond donors (Lipinski definition) is 2. The monoisotopic (exact) mass is 335 g/mol.